The van der Waals surface area contributed by atoms with Gasteiger partial charge in [0.1, 0.15) is 11.5 Å². The van der Waals surface area contributed by atoms with Crippen LogP contribution in [0.2, 0.25) is 0 Å². The molecule has 0 aliphatic carbocycles. The molecule has 5 aromatic rings. The summed E-state index contributed by atoms with van der Waals surface area (Å²) in [5.41, 5.74) is 8.47. The molecule has 0 unspecified atom stereocenters. The Balaban J connectivity index is 1.43. The van der Waals surface area contributed by atoms with Gasteiger partial charge in [-0.3, -0.25) is 4.98 Å². The van der Waals surface area contributed by atoms with E-state index < -0.39 is 0 Å². The molecule has 3 aromatic heterocycles. The van der Waals surface area contributed by atoms with E-state index in [1.165, 1.54) is 11.1 Å². The van der Waals surface area contributed by atoms with Crippen LogP contribution in [0.4, 0.5) is 0 Å². The van der Waals surface area contributed by atoms with Gasteiger partial charge in [0, 0.05) is 30.4 Å². The van der Waals surface area contributed by atoms with Gasteiger partial charge in [0.05, 0.1) is 5.69 Å². The summed E-state index contributed by atoms with van der Waals surface area (Å²) in [5, 5.41) is 14.6. The van der Waals surface area contributed by atoms with Gasteiger partial charge < -0.3 is 4.57 Å². The van der Waals surface area contributed by atoms with Crippen LogP contribution in [-0.2, 0) is 13.0 Å². The van der Waals surface area contributed by atoms with Gasteiger partial charge in [0.15, 0.2) is 0 Å². The number of hydrogen-bond donors (Lipinski definition) is 1. The highest BCUT2D eigenvalue weighted by Crippen LogP contribution is 2.30. The second-order valence-corrected chi connectivity index (χ2v) is 8.92. The second-order valence-electron chi connectivity index (χ2n) is 8.92. The van der Waals surface area contributed by atoms with E-state index in [0.29, 0.717) is 5.82 Å². The average molecular weight is 464 g/mol. The zero-order valence-electron chi connectivity index (χ0n) is 20.4. The van der Waals surface area contributed by atoms with Crippen molar-refractivity contribution in [3.8, 4) is 33.9 Å². The number of aromatic nitrogens is 7. The van der Waals surface area contributed by atoms with E-state index in [1.54, 1.807) is 0 Å². The Hall–Kier alpha value is -4.13. The summed E-state index contributed by atoms with van der Waals surface area (Å²) in [5.74, 6) is 1.70. The van der Waals surface area contributed by atoms with E-state index >= 15 is 0 Å². The van der Waals surface area contributed by atoms with Gasteiger partial charge in [-0.05, 0) is 59.9 Å². The highest BCUT2D eigenvalue weighted by molar-refractivity contribution is 5.80. The number of rotatable bonds is 8. The Morgan fingerprint density at radius 1 is 0.886 bits per heavy atom. The molecule has 7 heteroatoms. The molecule has 1 N–H and O–H groups in total. The predicted molar refractivity (Wildman–Crippen MR) is 138 cm³/mol. The molecular weight excluding hydrogens is 434 g/mol. The SMILES string of the molecule is CCCCc1nc(-c2cc(C)cc(C)n2)cn1Cc1ccc(-c2ccccc2-c2nn[nH]n2)cc1. The van der Waals surface area contributed by atoms with E-state index in [-0.39, 0.29) is 0 Å². The monoisotopic (exact) mass is 463 g/mol. The zero-order chi connectivity index (χ0) is 24.2. The molecule has 0 radical (unpaired) electrons. The van der Waals surface area contributed by atoms with Crippen LogP contribution in [0.1, 0.15) is 42.4 Å². The van der Waals surface area contributed by atoms with E-state index in [4.69, 9.17) is 9.97 Å². The third-order valence-electron chi connectivity index (χ3n) is 6.10. The zero-order valence-corrected chi connectivity index (χ0v) is 20.4. The number of imidazole rings is 1. The molecule has 7 nitrogen and oxygen atoms in total. The Morgan fingerprint density at radius 3 is 2.40 bits per heavy atom. The van der Waals surface area contributed by atoms with Crippen molar-refractivity contribution in [3.05, 3.63) is 89.5 Å². The fourth-order valence-electron chi connectivity index (χ4n) is 4.41. The van der Waals surface area contributed by atoms with Gasteiger partial charge in [-0.15, -0.1) is 10.2 Å². The molecule has 0 bridgehead atoms. The Morgan fingerprint density at radius 2 is 1.69 bits per heavy atom. The van der Waals surface area contributed by atoms with Crippen LogP contribution in [0, 0.1) is 13.8 Å². The predicted octanol–water partition coefficient (Wildman–Crippen LogP) is 5.80. The molecule has 0 spiro atoms. The van der Waals surface area contributed by atoms with Gasteiger partial charge in [-0.25, -0.2) is 4.98 Å². The molecular formula is C28H29N7. The van der Waals surface area contributed by atoms with Gasteiger partial charge >= 0.3 is 0 Å². The molecule has 0 saturated carbocycles. The second kappa shape index (κ2) is 10.0. The number of nitrogens with zero attached hydrogens (tertiary/aromatic N) is 6. The minimum atomic E-state index is 0.594. The largest absolute Gasteiger partial charge is 0.330 e. The van der Waals surface area contributed by atoms with Crippen molar-refractivity contribution >= 4 is 0 Å². The maximum atomic E-state index is 4.98. The molecule has 176 valence electrons. The number of benzene rings is 2. The Bertz CT molecular complexity index is 1400. The first-order chi connectivity index (χ1) is 17.1. The number of pyridine rings is 1. The molecule has 2 aromatic carbocycles. The number of tetrazole rings is 1. The number of aryl methyl sites for hydroxylation is 3. The third-order valence-corrected chi connectivity index (χ3v) is 6.10. The van der Waals surface area contributed by atoms with Crippen molar-refractivity contribution in [2.45, 2.75) is 46.6 Å². The van der Waals surface area contributed by atoms with E-state index in [2.05, 4.69) is 87.7 Å². The summed E-state index contributed by atoms with van der Waals surface area (Å²) >= 11 is 0. The minimum Gasteiger partial charge on any atom is -0.330 e. The van der Waals surface area contributed by atoms with Crippen molar-refractivity contribution in [2.75, 3.05) is 0 Å². The smallest absolute Gasteiger partial charge is 0.205 e. The van der Waals surface area contributed by atoms with Crippen molar-refractivity contribution in [1.29, 1.82) is 0 Å². The van der Waals surface area contributed by atoms with Crippen molar-refractivity contribution in [3.63, 3.8) is 0 Å². The average Bonchev–Trinajstić information content (AvgIpc) is 3.53. The molecule has 0 atom stereocenters. The first kappa shape index (κ1) is 22.7. The van der Waals surface area contributed by atoms with E-state index in [1.807, 2.05) is 25.1 Å². The van der Waals surface area contributed by atoms with Gasteiger partial charge in [0.2, 0.25) is 5.82 Å². The van der Waals surface area contributed by atoms with E-state index in [9.17, 15) is 0 Å². The van der Waals surface area contributed by atoms with Crippen LogP contribution in [-0.4, -0.2) is 35.2 Å². The maximum absolute atomic E-state index is 4.98. The first-order valence-corrected chi connectivity index (χ1v) is 12.0. The number of aromatic amines is 1. The van der Waals surface area contributed by atoms with Gasteiger partial charge in [-0.1, -0.05) is 61.9 Å². The fraction of sp³-hybridized carbons (Fsp3) is 0.250. The standard InChI is InChI=1S/C28H29N7/c1-4-5-10-27-30-26(25-16-19(2)15-20(3)29-25)18-35(27)17-21-11-13-22(14-12-21)23-8-6-7-9-24(23)28-31-33-34-32-28/h6-9,11-16,18H,4-5,10,17H2,1-3H3,(H,31,32,33,34). The van der Waals surface area contributed by atoms with Crippen LogP contribution >= 0.6 is 0 Å². The molecule has 0 saturated heterocycles. The summed E-state index contributed by atoms with van der Waals surface area (Å²) < 4.78 is 2.27. The molecule has 0 amide bonds. The van der Waals surface area contributed by atoms with Crippen LogP contribution in [0.15, 0.2) is 66.9 Å². The molecule has 3 heterocycles. The lowest BCUT2D eigenvalue weighted by Crippen LogP contribution is -2.04. The highest BCUT2D eigenvalue weighted by Gasteiger charge is 2.13. The minimum absolute atomic E-state index is 0.594. The van der Waals surface area contributed by atoms with Crippen molar-refractivity contribution in [2.24, 2.45) is 0 Å². The quantitative estimate of drug-likeness (QED) is 0.314. The van der Waals surface area contributed by atoms with Gasteiger partial charge in [0.25, 0.3) is 0 Å². The lowest BCUT2D eigenvalue weighted by atomic mass is 9.98. The van der Waals surface area contributed by atoms with Gasteiger partial charge in [-0.2, -0.15) is 5.21 Å². The molecule has 0 fully saturated rings. The van der Waals surface area contributed by atoms with Crippen molar-refractivity contribution < 1.29 is 0 Å². The summed E-state index contributed by atoms with van der Waals surface area (Å²) in [6, 6.07) is 21.0. The summed E-state index contributed by atoms with van der Waals surface area (Å²) in [7, 11) is 0. The Kier molecular flexibility index (Phi) is 6.48. The number of nitrogens with one attached hydrogen (secondary N) is 1. The van der Waals surface area contributed by atoms with Crippen LogP contribution < -0.4 is 0 Å². The van der Waals surface area contributed by atoms with Crippen LogP contribution in [0.5, 0.6) is 0 Å². The normalized spacial score (nSPS) is 11.2. The van der Waals surface area contributed by atoms with Crippen LogP contribution in [0.3, 0.4) is 0 Å². The van der Waals surface area contributed by atoms with E-state index in [0.717, 1.165) is 65.4 Å². The van der Waals surface area contributed by atoms with Crippen molar-refractivity contribution in [1.82, 2.24) is 35.2 Å². The molecule has 5 rings (SSSR count). The lowest BCUT2D eigenvalue weighted by molar-refractivity contribution is 0.678. The number of H-pyrrole nitrogens is 1. The maximum Gasteiger partial charge on any atom is 0.205 e. The third kappa shape index (κ3) is 5.04. The topological polar surface area (TPSA) is 85.2 Å². The first-order valence-electron chi connectivity index (χ1n) is 12.0. The Labute approximate surface area is 205 Å². The summed E-state index contributed by atoms with van der Waals surface area (Å²) in [6.07, 6.45) is 5.35. The van der Waals surface area contributed by atoms with Crippen LogP contribution in [0.25, 0.3) is 33.9 Å². The fourth-order valence-corrected chi connectivity index (χ4v) is 4.41. The molecule has 0 aliphatic rings. The summed E-state index contributed by atoms with van der Waals surface area (Å²) in [6.45, 7) is 7.11. The molecule has 0 aliphatic heterocycles. The number of unbranched alkanes of at least 4 members (excludes halogenated alkanes) is 1. The summed E-state index contributed by atoms with van der Waals surface area (Å²) in [4.78, 5) is 9.71. The molecule has 35 heavy (non-hydrogen) atoms. The number of hydrogen-bond acceptors (Lipinski definition) is 5. The lowest BCUT2D eigenvalue weighted by Gasteiger charge is -2.10. The highest BCUT2D eigenvalue weighted by atomic mass is 15.5.